The summed E-state index contributed by atoms with van der Waals surface area (Å²) in [4.78, 5) is 12.5. The van der Waals surface area contributed by atoms with E-state index in [1.807, 2.05) is 0 Å². The zero-order chi connectivity index (χ0) is 11.4. The van der Waals surface area contributed by atoms with Crippen LogP contribution in [0.5, 0.6) is 0 Å². The van der Waals surface area contributed by atoms with Crippen LogP contribution in [0.3, 0.4) is 0 Å². The molecule has 82 valence electrons. The highest BCUT2D eigenvalue weighted by Gasteiger charge is 2.10. The third-order valence-electron chi connectivity index (χ3n) is 2.05. The molecule has 0 atom stereocenters. The minimum atomic E-state index is -2.48. The fraction of sp³-hybridized carbons (Fsp3) is 0.300. The van der Waals surface area contributed by atoms with Crippen molar-refractivity contribution in [3.63, 3.8) is 0 Å². The molecule has 0 aliphatic heterocycles. The van der Waals surface area contributed by atoms with Crippen molar-refractivity contribution in [2.45, 2.75) is 6.43 Å². The number of halogens is 2. The largest absolute Gasteiger partial charge is 0.341 e. The van der Waals surface area contributed by atoms with Gasteiger partial charge in [-0.1, -0.05) is 12.1 Å². The van der Waals surface area contributed by atoms with Crippen LogP contribution in [0.1, 0.15) is 12.0 Å². The predicted octanol–water partition coefficient (Wildman–Crippen LogP) is 2.40. The maximum atomic E-state index is 12.2. The number of benzene rings is 1. The van der Waals surface area contributed by atoms with Crippen LogP contribution in [-0.2, 0) is 0 Å². The molecule has 0 unspecified atom stereocenters. The van der Waals surface area contributed by atoms with E-state index in [4.69, 9.17) is 0 Å². The van der Waals surface area contributed by atoms with Crippen molar-refractivity contribution in [1.29, 1.82) is 0 Å². The number of alkyl halides is 2. The summed E-state index contributed by atoms with van der Waals surface area (Å²) >= 11 is 0. The lowest BCUT2D eigenvalue weighted by molar-refractivity contribution is 0.151. The van der Waals surface area contributed by atoms with Gasteiger partial charge in [-0.25, -0.2) is 13.6 Å². The number of rotatable bonds is 2. The lowest BCUT2D eigenvalue weighted by Gasteiger charge is -2.16. The van der Waals surface area contributed by atoms with Crippen molar-refractivity contribution in [3.8, 4) is 0 Å². The molecule has 1 N–H and O–H groups in total. The Morgan fingerprint density at radius 2 is 1.87 bits per heavy atom. The summed E-state index contributed by atoms with van der Waals surface area (Å²) < 4.78 is 24.5. The van der Waals surface area contributed by atoms with Gasteiger partial charge in [-0.2, -0.15) is 0 Å². The van der Waals surface area contributed by atoms with E-state index in [0.29, 0.717) is 5.69 Å². The molecule has 1 aromatic carbocycles. The average Bonchev–Trinajstić information content (AvgIpc) is 2.27. The molecule has 0 aliphatic rings. The van der Waals surface area contributed by atoms with Gasteiger partial charge >= 0.3 is 6.03 Å². The molecule has 0 aliphatic carbocycles. The zero-order valence-corrected chi connectivity index (χ0v) is 8.50. The van der Waals surface area contributed by atoms with E-state index in [1.165, 1.54) is 36.2 Å². The van der Waals surface area contributed by atoms with Gasteiger partial charge in [-0.15, -0.1) is 0 Å². The van der Waals surface area contributed by atoms with Crippen LogP contribution in [0.4, 0.5) is 19.3 Å². The maximum absolute atomic E-state index is 12.2. The summed E-state index contributed by atoms with van der Waals surface area (Å²) in [6.07, 6.45) is -2.48. The highest BCUT2D eigenvalue weighted by molar-refractivity contribution is 5.91. The van der Waals surface area contributed by atoms with Crippen molar-refractivity contribution < 1.29 is 13.6 Å². The molecule has 0 fully saturated rings. The Balaban J connectivity index is 2.84. The van der Waals surface area contributed by atoms with Crippen molar-refractivity contribution in [1.82, 2.24) is 5.32 Å². The van der Waals surface area contributed by atoms with E-state index in [0.717, 1.165) is 0 Å². The van der Waals surface area contributed by atoms with Crippen LogP contribution in [0, 0.1) is 0 Å². The predicted molar refractivity (Wildman–Crippen MR) is 54.3 cm³/mol. The number of nitrogens with zero attached hydrogens (tertiary/aromatic N) is 1. The van der Waals surface area contributed by atoms with Gasteiger partial charge < -0.3 is 5.32 Å². The average molecular weight is 214 g/mol. The summed E-state index contributed by atoms with van der Waals surface area (Å²) in [5.41, 5.74) is 0.516. The number of carbonyl (C=O) groups is 1. The van der Waals surface area contributed by atoms with Crippen LogP contribution < -0.4 is 10.2 Å². The molecule has 2 amide bonds. The van der Waals surface area contributed by atoms with Crippen molar-refractivity contribution in [2.75, 3.05) is 19.0 Å². The number of nitrogens with one attached hydrogen (secondary N) is 1. The fourth-order valence-electron chi connectivity index (χ4n) is 1.13. The van der Waals surface area contributed by atoms with Gasteiger partial charge in [0.05, 0.1) is 0 Å². The molecule has 0 bridgehead atoms. The Kier molecular flexibility index (Phi) is 3.60. The van der Waals surface area contributed by atoms with Gasteiger partial charge in [0.15, 0.2) is 0 Å². The van der Waals surface area contributed by atoms with Crippen LogP contribution in [0.25, 0.3) is 0 Å². The normalized spacial score (nSPS) is 10.2. The van der Waals surface area contributed by atoms with Crippen LogP contribution in [-0.4, -0.2) is 20.1 Å². The second kappa shape index (κ2) is 4.72. The highest BCUT2D eigenvalue weighted by Crippen LogP contribution is 2.21. The topological polar surface area (TPSA) is 32.3 Å². The number of carbonyl (C=O) groups excluding carboxylic acids is 1. The second-order valence-corrected chi connectivity index (χ2v) is 3.01. The molecule has 0 saturated heterocycles. The quantitative estimate of drug-likeness (QED) is 0.805. The van der Waals surface area contributed by atoms with Gasteiger partial charge in [-0.05, 0) is 12.1 Å². The van der Waals surface area contributed by atoms with Gasteiger partial charge in [-0.3, -0.25) is 4.90 Å². The summed E-state index contributed by atoms with van der Waals surface area (Å²) in [6, 6.07) is 5.28. The SMILES string of the molecule is CNC(=O)N(C)c1ccc(C(F)F)cc1. The van der Waals surface area contributed by atoms with Crippen LogP contribution in [0.2, 0.25) is 0 Å². The Bertz CT molecular complexity index is 338. The lowest BCUT2D eigenvalue weighted by Crippen LogP contribution is -2.34. The van der Waals surface area contributed by atoms with E-state index in [-0.39, 0.29) is 11.6 Å². The molecular weight excluding hydrogens is 202 g/mol. The first-order chi connectivity index (χ1) is 7.06. The van der Waals surface area contributed by atoms with E-state index in [2.05, 4.69) is 5.32 Å². The van der Waals surface area contributed by atoms with Gasteiger partial charge in [0.2, 0.25) is 0 Å². The molecule has 1 aromatic rings. The maximum Gasteiger partial charge on any atom is 0.321 e. The molecule has 0 spiro atoms. The van der Waals surface area contributed by atoms with E-state index >= 15 is 0 Å². The molecule has 0 radical (unpaired) electrons. The first-order valence-corrected chi connectivity index (χ1v) is 4.40. The number of hydrogen-bond acceptors (Lipinski definition) is 1. The van der Waals surface area contributed by atoms with E-state index in [1.54, 1.807) is 7.05 Å². The minimum absolute atomic E-state index is 0.0518. The summed E-state index contributed by atoms with van der Waals surface area (Å²) in [5.74, 6) is 0. The van der Waals surface area contributed by atoms with E-state index in [9.17, 15) is 13.6 Å². The first kappa shape index (κ1) is 11.4. The molecule has 0 heterocycles. The number of amides is 2. The minimum Gasteiger partial charge on any atom is -0.341 e. The first-order valence-electron chi connectivity index (χ1n) is 4.40. The molecule has 3 nitrogen and oxygen atoms in total. The summed E-state index contributed by atoms with van der Waals surface area (Å²) in [5, 5.41) is 2.44. The van der Waals surface area contributed by atoms with Crippen molar-refractivity contribution in [3.05, 3.63) is 29.8 Å². The standard InChI is InChI=1S/C10H12F2N2O/c1-13-10(15)14(2)8-5-3-7(4-6-8)9(11)12/h3-6,9H,1-2H3,(H,13,15). The Morgan fingerprint density at radius 3 is 2.27 bits per heavy atom. The van der Waals surface area contributed by atoms with Gasteiger partial charge in [0.25, 0.3) is 6.43 Å². The Labute approximate surface area is 86.7 Å². The van der Waals surface area contributed by atoms with Crippen LogP contribution >= 0.6 is 0 Å². The van der Waals surface area contributed by atoms with Crippen LogP contribution in [0.15, 0.2) is 24.3 Å². The van der Waals surface area contributed by atoms with E-state index < -0.39 is 6.43 Å². The Hall–Kier alpha value is -1.65. The molecule has 0 aromatic heterocycles. The Morgan fingerprint density at radius 1 is 1.33 bits per heavy atom. The summed E-state index contributed by atoms with van der Waals surface area (Å²) in [7, 11) is 3.07. The van der Waals surface area contributed by atoms with Crippen molar-refractivity contribution >= 4 is 11.7 Å². The molecular formula is C10H12F2N2O. The molecule has 0 saturated carbocycles. The zero-order valence-electron chi connectivity index (χ0n) is 8.50. The smallest absolute Gasteiger partial charge is 0.321 e. The monoisotopic (exact) mass is 214 g/mol. The second-order valence-electron chi connectivity index (χ2n) is 3.01. The third kappa shape index (κ3) is 2.65. The molecule has 5 heteroatoms. The van der Waals surface area contributed by atoms with Gasteiger partial charge in [0.1, 0.15) is 0 Å². The third-order valence-corrected chi connectivity index (χ3v) is 2.05. The molecule has 15 heavy (non-hydrogen) atoms. The summed E-state index contributed by atoms with van der Waals surface area (Å²) in [6.45, 7) is 0. The van der Waals surface area contributed by atoms with Crippen molar-refractivity contribution in [2.24, 2.45) is 0 Å². The number of urea groups is 1. The van der Waals surface area contributed by atoms with Gasteiger partial charge in [0, 0.05) is 25.3 Å². The lowest BCUT2D eigenvalue weighted by atomic mass is 10.2. The number of anilines is 1. The number of hydrogen-bond donors (Lipinski definition) is 1. The molecule has 1 rings (SSSR count). The fourth-order valence-corrected chi connectivity index (χ4v) is 1.13. The highest BCUT2D eigenvalue weighted by atomic mass is 19.3.